The fourth-order valence-corrected chi connectivity index (χ4v) is 7.02. The van der Waals surface area contributed by atoms with Crippen LogP contribution in [0.15, 0.2) is 77.8 Å². The molecule has 1 heterocycles. The molecule has 0 saturated carbocycles. The van der Waals surface area contributed by atoms with Gasteiger partial charge in [0, 0.05) is 47.0 Å². The molecule has 0 spiro atoms. The Labute approximate surface area is 349 Å². The van der Waals surface area contributed by atoms with Crippen LogP contribution in [0.4, 0.5) is 27.8 Å². The number of carbonyl (C=O) groups excluding carboxylic acids is 2. The molecule has 316 valence electrons. The maximum Gasteiger partial charge on any atom is 0.323 e. The van der Waals surface area contributed by atoms with Crippen LogP contribution in [0, 0.1) is 12.3 Å². The number of aromatic nitrogens is 2. The van der Waals surface area contributed by atoms with Gasteiger partial charge in [0.25, 0.3) is 0 Å². The molecule has 4 aromatic carbocycles. The van der Waals surface area contributed by atoms with Gasteiger partial charge in [0.1, 0.15) is 10.6 Å². The molecule has 0 unspecified atom stereocenters. The molecule has 0 aliphatic heterocycles. The van der Waals surface area contributed by atoms with Crippen molar-refractivity contribution >= 4 is 55.7 Å². The SMILES string of the molecule is C#Cc1cc(Nc2nccc(Oc3ccc(NC(=O)Nc4cc(C(C)(C)C)cc(S(=O)(=O)NC)c4OC)c4ccccc34)n2)c(CCOCCOCCOC)c(C(N)=O)c1. The summed E-state index contributed by atoms with van der Waals surface area (Å²) in [7, 11) is 0.293. The van der Waals surface area contributed by atoms with Crippen molar-refractivity contribution in [2.24, 2.45) is 5.73 Å². The Morgan fingerprint density at radius 3 is 2.23 bits per heavy atom. The molecule has 0 saturated heterocycles. The summed E-state index contributed by atoms with van der Waals surface area (Å²) < 4.78 is 56.2. The van der Waals surface area contributed by atoms with Gasteiger partial charge in [0.05, 0.1) is 51.5 Å². The van der Waals surface area contributed by atoms with Crippen LogP contribution >= 0.6 is 0 Å². The standard InChI is InChI=1S/C43H49N7O9S/c1-8-27-23-32(40(44)51)30(16-18-57-21-22-58-20-19-55-6)34(24-27)47-41-46-17-15-38(50-41)59-36-14-13-33(29-11-9-10-12-31(29)36)48-42(52)49-35-25-28(43(2,3)4)26-37(39(35)56-7)60(53,54)45-5/h1,9-15,17,23-26,45H,16,18-22H2,2-7H3,(H2,44,51)(H,46,47,50)(H2,48,49,52). The lowest BCUT2D eigenvalue weighted by Gasteiger charge is -2.23. The maximum atomic E-state index is 13.6. The van der Waals surface area contributed by atoms with Crippen molar-refractivity contribution in [1.82, 2.24) is 14.7 Å². The van der Waals surface area contributed by atoms with Gasteiger partial charge >= 0.3 is 6.03 Å². The molecule has 5 aromatic rings. The van der Waals surface area contributed by atoms with Gasteiger partial charge in [0.2, 0.25) is 27.8 Å². The number of nitrogens with zero attached hydrogens (tertiary/aromatic N) is 2. The first-order valence-electron chi connectivity index (χ1n) is 18.8. The largest absolute Gasteiger partial charge is 0.493 e. The maximum absolute atomic E-state index is 13.6. The number of primary amides is 1. The van der Waals surface area contributed by atoms with Crippen LogP contribution < -0.4 is 35.9 Å². The van der Waals surface area contributed by atoms with Crippen molar-refractivity contribution < 1.29 is 41.7 Å². The number of carbonyl (C=O) groups is 2. The number of methoxy groups -OCH3 is 2. The van der Waals surface area contributed by atoms with Gasteiger partial charge in [-0.25, -0.2) is 22.9 Å². The first-order chi connectivity index (χ1) is 28.7. The quantitative estimate of drug-likeness (QED) is 0.0456. The van der Waals surface area contributed by atoms with E-state index in [1.54, 1.807) is 43.5 Å². The first kappa shape index (κ1) is 44.8. The van der Waals surface area contributed by atoms with Gasteiger partial charge in [-0.3, -0.25) is 4.79 Å². The normalized spacial score (nSPS) is 11.5. The van der Waals surface area contributed by atoms with Gasteiger partial charge in [-0.1, -0.05) is 51.0 Å². The highest BCUT2D eigenvalue weighted by Crippen LogP contribution is 2.39. The number of nitrogens with two attached hydrogens (primary N) is 1. The van der Waals surface area contributed by atoms with E-state index in [-0.39, 0.29) is 40.3 Å². The van der Waals surface area contributed by atoms with Gasteiger partial charge < -0.3 is 45.4 Å². The summed E-state index contributed by atoms with van der Waals surface area (Å²) in [5.74, 6) is 2.66. The van der Waals surface area contributed by atoms with E-state index in [0.29, 0.717) is 77.4 Å². The van der Waals surface area contributed by atoms with Crippen LogP contribution in [0.5, 0.6) is 17.4 Å². The lowest BCUT2D eigenvalue weighted by molar-refractivity contribution is 0.0255. The molecular weight excluding hydrogens is 791 g/mol. The molecule has 0 radical (unpaired) electrons. The molecule has 5 rings (SSSR count). The van der Waals surface area contributed by atoms with Gasteiger partial charge in [0.15, 0.2) is 5.75 Å². The van der Waals surface area contributed by atoms with Crippen molar-refractivity contribution in [3.63, 3.8) is 0 Å². The monoisotopic (exact) mass is 839 g/mol. The number of urea groups is 1. The zero-order chi connectivity index (χ0) is 43.5. The summed E-state index contributed by atoms with van der Waals surface area (Å²) in [5.41, 5.74) is 8.30. The van der Waals surface area contributed by atoms with E-state index in [0.717, 1.165) is 0 Å². The Bertz CT molecular complexity index is 2500. The number of sulfonamides is 1. The minimum absolute atomic E-state index is 0.0160. The van der Waals surface area contributed by atoms with Crippen LogP contribution in [0.3, 0.4) is 0 Å². The van der Waals surface area contributed by atoms with Crippen LogP contribution in [0.25, 0.3) is 10.8 Å². The number of hydrogen-bond donors (Lipinski definition) is 5. The van der Waals surface area contributed by atoms with Crippen molar-refractivity contribution in [2.45, 2.75) is 37.5 Å². The predicted octanol–water partition coefficient (Wildman–Crippen LogP) is 6.33. The smallest absolute Gasteiger partial charge is 0.323 e. The van der Waals surface area contributed by atoms with Gasteiger partial charge in [-0.15, -0.1) is 6.42 Å². The molecule has 0 bridgehead atoms. The predicted molar refractivity (Wildman–Crippen MR) is 230 cm³/mol. The lowest BCUT2D eigenvalue weighted by Crippen LogP contribution is -2.24. The fraction of sp³-hybridized carbons (Fsp3) is 0.302. The highest BCUT2D eigenvalue weighted by atomic mass is 32.2. The third kappa shape index (κ3) is 11.3. The Morgan fingerprint density at radius 2 is 1.57 bits per heavy atom. The van der Waals surface area contributed by atoms with E-state index >= 15 is 0 Å². The van der Waals surface area contributed by atoms with Crippen LogP contribution in [0.1, 0.15) is 47.8 Å². The number of terminal acetylenes is 1. The third-order valence-electron chi connectivity index (χ3n) is 9.14. The Balaban J connectivity index is 1.37. The Morgan fingerprint density at radius 1 is 0.867 bits per heavy atom. The lowest BCUT2D eigenvalue weighted by atomic mass is 9.86. The second kappa shape index (κ2) is 20.1. The van der Waals surface area contributed by atoms with E-state index in [2.05, 4.69) is 36.6 Å². The summed E-state index contributed by atoms with van der Waals surface area (Å²) in [4.78, 5) is 34.9. The third-order valence-corrected chi connectivity index (χ3v) is 10.6. The molecule has 16 nitrogen and oxygen atoms in total. The summed E-state index contributed by atoms with van der Waals surface area (Å²) in [6.07, 6.45) is 7.55. The summed E-state index contributed by atoms with van der Waals surface area (Å²) in [6, 6.07) is 18.1. The van der Waals surface area contributed by atoms with Crippen molar-refractivity contribution in [1.29, 1.82) is 0 Å². The Hall–Kier alpha value is -6.29. The molecule has 60 heavy (non-hydrogen) atoms. The van der Waals surface area contributed by atoms with Crippen molar-refractivity contribution in [2.75, 3.05) is 70.3 Å². The number of fused-ring (bicyclic) bond motifs is 1. The molecule has 6 N–H and O–H groups in total. The number of anilines is 4. The average Bonchev–Trinajstić information content (AvgIpc) is 3.22. The molecule has 0 atom stereocenters. The summed E-state index contributed by atoms with van der Waals surface area (Å²) in [5, 5.41) is 10.1. The van der Waals surface area contributed by atoms with Crippen molar-refractivity contribution in [3.05, 3.63) is 95.2 Å². The molecule has 0 aliphatic rings. The average molecular weight is 840 g/mol. The highest BCUT2D eigenvalue weighted by molar-refractivity contribution is 7.89. The fourth-order valence-electron chi connectivity index (χ4n) is 6.08. The molecule has 0 fully saturated rings. The minimum Gasteiger partial charge on any atom is -0.493 e. The second-order valence-electron chi connectivity index (χ2n) is 14.2. The molecule has 17 heteroatoms. The Kier molecular flexibility index (Phi) is 15.0. The number of hydrogen-bond acceptors (Lipinski definition) is 12. The van der Waals surface area contributed by atoms with E-state index in [4.69, 9.17) is 35.8 Å². The highest BCUT2D eigenvalue weighted by Gasteiger charge is 2.27. The van der Waals surface area contributed by atoms with E-state index < -0.39 is 27.4 Å². The molecule has 0 aliphatic carbocycles. The topological polar surface area (TPSA) is 214 Å². The van der Waals surface area contributed by atoms with Crippen LogP contribution in [0.2, 0.25) is 0 Å². The molecule has 3 amide bonds. The number of benzene rings is 4. The van der Waals surface area contributed by atoms with E-state index in [1.807, 2.05) is 45.0 Å². The number of ether oxygens (including phenoxy) is 5. The van der Waals surface area contributed by atoms with Crippen LogP contribution in [-0.2, 0) is 36.1 Å². The minimum atomic E-state index is -3.95. The number of amides is 3. The summed E-state index contributed by atoms with van der Waals surface area (Å²) in [6.45, 7) is 7.73. The first-order valence-corrected chi connectivity index (χ1v) is 20.3. The van der Waals surface area contributed by atoms with Gasteiger partial charge in [-0.2, -0.15) is 4.98 Å². The zero-order valence-corrected chi connectivity index (χ0v) is 35.1. The summed E-state index contributed by atoms with van der Waals surface area (Å²) >= 11 is 0. The zero-order valence-electron chi connectivity index (χ0n) is 34.3. The van der Waals surface area contributed by atoms with E-state index in [9.17, 15) is 18.0 Å². The number of nitrogens with one attached hydrogen (secondary N) is 4. The van der Waals surface area contributed by atoms with Crippen molar-refractivity contribution in [3.8, 4) is 29.7 Å². The van der Waals surface area contributed by atoms with Gasteiger partial charge in [-0.05, 0) is 66.4 Å². The van der Waals surface area contributed by atoms with E-state index in [1.165, 1.54) is 26.4 Å². The number of rotatable bonds is 19. The second-order valence-corrected chi connectivity index (χ2v) is 16.1. The van der Waals surface area contributed by atoms with Crippen LogP contribution in [-0.4, -0.2) is 84.6 Å². The molecule has 1 aromatic heterocycles. The molecular formula is C43H49N7O9S.